The van der Waals surface area contributed by atoms with Crippen LogP contribution in [0.25, 0.3) is 0 Å². The molecule has 0 aromatic heterocycles. The Morgan fingerprint density at radius 3 is 2.79 bits per heavy atom. The predicted octanol–water partition coefficient (Wildman–Crippen LogP) is 1.32. The first kappa shape index (κ1) is 15.0. The number of hydrogen-bond acceptors (Lipinski definition) is 3. The molecule has 5 heteroatoms. The van der Waals surface area contributed by atoms with Crippen LogP contribution in [0.15, 0.2) is 29.3 Å². The van der Waals surface area contributed by atoms with E-state index >= 15 is 0 Å². The van der Waals surface area contributed by atoms with E-state index in [1.807, 2.05) is 30.5 Å². The fourth-order valence-electron chi connectivity index (χ4n) is 1.52. The fraction of sp³-hybridized carbons (Fsp3) is 0.429. The average molecular weight is 259 g/mol. The van der Waals surface area contributed by atoms with Crippen LogP contribution in [-0.4, -0.2) is 12.5 Å². The Labute approximate surface area is 114 Å². The number of nitriles is 1. The molecule has 102 valence electrons. The van der Waals surface area contributed by atoms with E-state index in [0.717, 1.165) is 17.7 Å². The van der Waals surface area contributed by atoms with E-state index in [9.17, 15) is 0 Å². The highest BCUT2D eigenvalue weighted by atomic mass is 15.2. The third-order valence-corrected chi connectivity index (χ3v) is 2.50. The smallest absolute Gasteiger partial charge is 0.205 e. The Bertz CT molecular complexity index is 459. The van der Waals surface area contributed by atoms with Crippen molar-refractivity contribution < 1.29 is 0 Å². The number of nitrogens with one attached hydrogen (secondary N) is 2. The van der Waals surface area contributed by atoms with Crippen LogP contribution in [0.4, 0.5) is 0 Å². The molecule has 5 nitrogen and oxygen atoms in total. The van der Waals surface area contributed by atoms with Crippen molar-refractivity contribution in [1.82, 2.24) is 10.6 Å². The second-order valence-electron chi connectivity index (χ2n) is 4.70. The molecule has 19 heavy (non-hydrogen) atoms. The SMILES string of the molecule is CC(C)CNC(=NCc1cccc(CN)c1)NC#N. The Kier molecular flexibility index (Phi) is 6.41. The molecule has 0 unspecified atom stereocenters. The van der Waals surface area contributed by atoms with Crippen molar-refractivity contribution in [3.05, 3.63) is 35.4 Å². The number of hydrogen-bond donors (Lipinski definition) is 3. The van der Waals surface area contributed by atoms with Gasteiger partial charge in [-0.3, -0.25) is 5.32 Å². The van der Waals surface area contributed by atoms with Crippen LogP contribution in [0.5, 0.6) is 0 Å². The van der Waals surface area contributed by atoms with E-state index in [1.165, 1.54) is 0 Å². The topological polar surface area (TPSA) is 86.2 Å². The van der Waals surface area contributed by atoms with Gasteiger partial charge in [-0.1, -0.05) is 38.1 Å². The molecule has 4 N–H and O–H groups in total. The van der Waals surface area contributed by atoms with Gasteiger partial charge < -0.3 is 11.1 Å². The average Bonchev–Trinajstić information content (AvgIpc) is 2.42. The first-order valence-corrected chi connectivity index (χ1v) is 6.37. The summed E-state index contributed by atoms with van der Waals surface area (Å²) in [7, 11) is 0. The highest BCUT2D eigenvalue weighted by molar-refractivity contribution is 5.81. The number of rotatable bonds is 5. The van der Waals surface area contributed by atoms with Crippen LogP contribution < -0.4 is 16.4 Å². The lowest BCUT2D eigenvalue weighted by molar-refractivity contribution is 0.619. The first-order valence-electron chi connectivity index (χ1n) is 6.37. The molecule has 1 aromatic rings. The van der Waals surface area contributed by atoms with Crippen molar-refractivity contribution in [2.45, 2.75) is 26.9 Å². The summed E-state index contributed by atoms with van der Waals surface area (Å²) in [5.41, 5.74) is 7.76. The summed E-state index contributed by atoms with van der Waals surface area (Å²) in [6.07, 6.45) is 1.89. The van der Waals surface area contributed by atoms with Crippen LogP contribution in [0.1, 0.15) is 25.0 Å². The number of nitrogens with zero attached hydrogens (tertiary/aromatic N) is 2. The molecule has 0 fully saturated rings. The highest BCUT2D eigenvalue weighted by Crippen LogP contribution is 2.05. The molecule has 0 aliphatic carbocycles. The summed E-state index contributed by atoms with van der Waals surface area (Å²) in [6, 6.07) is 7.97. The maximum Gasteiger partial charge on any atom is 0.205 e. The minimum atomic E-state index is 0.492. The van der Waals surface area contributed by atoms with Gasteiger partial charge in [0.05, 0.1) is 6.54 Å². The molecule has 0 saturated heterocycles. The maximum atomic E-state index is 8.68. The summed E-state index contributed by atoms with van der Waals surface area (Å²) in [5.74, 6) is 1.00. The molecule has 0 aliphatic rings. The Balaban J connectivity index is 2.65. The minimum absolute atomic E-state index is 0.492. The predicted molar refractivity (Wildman–Crippen MR) is 77.1 cm³/mol. The van der Waals surface area contributed by atoms with Gasteiger partial charge in [-0.15, -0.1) is 0 Å². The molecule has 1 rings (SSSR count). The second kappa shape index (κ2) is 8.11. The molecule has 0 aliphatic heterocycles. The molecular weight excluding hydrogens is 238 g/mol. The lowest BCUT2D eigenvalue weighted by Gasteiger charge is -2.10. The Morgan fingerprint density at radius 2 is 2.16 bits per heavy atom. The molecule has 0 radical (unpaired) electrons. The van der Waals surface area contributed by atoms with E-state index in [0.29, 0.717) is 25.0 Å². The standard InChI is InChI=1S/C14H21N5/c1-11(2)8-17-14(19-10-16)18-9-13-5-3-4-12(6-13)7-15/h3-6,11H,7-9,15H2,1-2H3,(H2,17,18,19). The number of aliphatic imine (C=N–C) groups is 1. The zero-order valence-electron chi connectivity index (χ0n) is 11.5. The van der Waals surface area contributed by atoms with Crippen LogP contribution in [0.2, 0.25) is 0 Å². The Hall–Kier alpha value is -2.06. The monoisotopic (exact) mass is 259 g/mol. The summed E-state index contributed by atoms with van der Waals surface area (Å²) in [5, 5.41) is 14.4. The molecule has 0 amide bonds. The van der Waals surface area contributed by atoms with Gasteiger partial charge in [0, 0.05) is 13.1 Å². The van der Waals surface area contributed by atoms with Gasteiger partial charge >= 0.3 is 0 Å². The van der Waals surface area contributed by atoms with Gasteiger partial charge in [-0.25, -0.2) is 4.99 Å². The van der Waals surface area contributed by atoms with Crippen LogP contribution in [0.3, 0.4) is 0 Å². The molecule has 0 saturated carbocycles. The van der Waals surface area contributed by atoms with Crippen molar-refractivity contribution in [3.8, 4) is 6.19 Å². The summed E-state index contributed by atoms with van der Waals surface area (Å²) >= 11 is 0. The van der Waals surface area contributed by atoms with E-state index in [4.69, 9.17) is 11.0 Å². The zero-order chi connectivity index (χ0) is 14.1. The Morgan fingerprint density at radius 1 is 1.42 bits per heavy atom. The van der Waals surface area contributed by atoms with E-state index in [1.54, 1.807) is 0 Å². The lowest BCUT2D eigenvalue weighted by atomic mass is 10.1. The van der Waals surface area contributed by atoms with Crippen molar-refractivity contribution >= 4 is 5.96 Å². The second-order valence-corrected chi connectivity index (χ2v) is 4.70. The van der Waals surface area contributed by atoms with Crippen LogP contribution in [0, 0.1) is 17.4 Å². The van der Waals surface area contributed by atoms with Crippen molar-refractivity contribution in [2.24, 2.45) is 16.6 Å². The van der Waals surface area contributed by atoms with Gasteiger partial charge in [0.25, 0.3) is 0 Å². The van der Waals surface area contributed by atoms with Crippen molar-refractivity contribution in [1.29, 1.82) is 5.26 Å². The van der Waals surface area contributed by atoms with Gasteiger partial charge in [0.2, 0.25) is 5.96 Å². The van der Waals surface area contributed by atoms with Gasteiger partial charge in [-0.05, 0) is 17.0 Å². The third kappa shape index (κ3) is 5.89. The third-order valence-electron chi connectivity index (χ3n) is 2.50. The molecule has 1 aromatic carbocycles. The molecule has 0 heterocycles. The zero-order valence-corrected chi connectivity index (χ0v) is 11.5. The fourth-order valence-corrected chi connectivity index (χ4v) is 1.52. The largest absolute Gasteiger partial charge is 0.355 e. The van der Waals surface area contributed by atoms with Crippen molar-refractivity contribution in [2.75, 3.05) is 6.54 Å². The van der Waals surface area contributed by atoms with Gasteiger partial charge in [0.1, 0.15) is 0 Å². The quantitative estimate of drug-likeness (QED) is 0.322. The maximum absolute atomic E-state index is 8.68. The number of guanidine groups is 1. The lowest BCUT2D eigenvalue weighted by Crippen LogP contribution is -2.36. The highest BCUT2D eigenvalue weighted by Gasteiger charge is 2.00. The molecule has 0 atom stereocenters. The molecule has 0 spiro atoms. The van der Waals surface area contributed by atoms with E-state index in [2.05, 4.69) is 29.5 Å². The van der Waals surface area contributed by atoms with Crippen molar-refractivity contribution in [3.63, 3.8) is 0 Å². The van der Waals surface area contributed by atoms with E-state index in [-0.39, 0.29) is 0 Å². The van der Waals surface area contributed by atoms with Gasteiger partial charge in [-0.2, -0.15) is 5.26 Å². The van der Waals surface area contributed by atoms with Gasteiger partial charge in [0.15, 0.2) is 6.19 Å². The van der Waals surface area contributed by atoms with Crippen LogP contribution >= 0.6 is 0 Å². The molecule has 0 bridgehead atoms. The summed E-state index contributed by atoms with van der Waals surface area (Å²) in [6.45, 7) is 6.01. The normalized spacial score (nSPS) is 11.2. The summed E-state index contributed by atoms with van der Waals surface area (Å²) < 4.78 is 0. The minimum Gasteiger partial charge on any atom is -0.355 e. The summed E-state index contributed by atoms with van der Waals surface area (Å²) in [4.78, 5) is 4.36. The number of benzene rings is 1. The molecular formula is C14H21N5. The van der Waals surface area contributed by atoms with Crippen LogP contribution in [-0.2, 0) is 13.1 Å². The van der Waals surface area contributed by atoms with E-state index < -0.39 is 0 Å². The first-order chi connectivity index (χ1) is 9.15. The number of nitrogens with two attached hydrogens (primary N) is 1.